The lowest BCUT2D eigenvalue weighted by molar-refractivity contribution is -0.124. The molecular weight excluding hydrogens is 294 g/mol. The molecule has 122 valence electrons. The minimum Gasteiger partial charge on any atom is -0.488 e. The highest BCUT2D eigenvalue weighted by Crippen LogP contribution is 2.24. The number of carbonyl (C=O) groups excluding carboxylic acids is 1. The van der Waals surface area contributed by atoms with E-state index in [0.29, 0.717) is 0 Å². The Morgan fingerprint density at radius 1 is 1.35 bits per heavy atom. The van der Waals surface area contributed by atoms with E-state index in [2.05, 4.69) is 10.3 Å². The van der Waals surface area contributed by atoms with Gasteiger partial charge in [-0.2, -0.15) is 0 Å². The van der Waals surface area contributed by atoms with Crippen molar-refractivity contribution in [3.8, 4) is 5.75 Å². The van der Waals surface area contributed by atoms with Gasteiger partial charge in [0.25, 0.3) is 0 Å². The molecule has 0 bridgehead atoms. The number of ether oxygens (including phenoxy) is 1. The number of nitrogens with one attached hydrogen (secondary N) is 1. The summed E-state index contributed by atoms with van der Waals surface area (Å²) in [5.41, 5.74) is 0. The van der Waals surface area contributed by atoms with Crippen LogP contribution in [0.2, 0.25) is 0 Å². The summed E-state index contributed by atoms with van der Waals surface area (Å²) in [6.45, 7) is 0.202. The molecule has 1 fully saturated rings. The summed E-state index contributed by atoms with van der Waals surface area (Å²) >= 11 is 0. The number of benzene rings is 1. The van der Waals surface area contributed by atoms with Crippen molar-refractivity contribution in [2.75, 3.05) is 0 Å². The number of hydrogen-bond donors (Lipinski definition) is 2. The molecule has 0 aliphatic heterocycles. The Bertz CT molecular complexity index is 615. The first-order valence-corrected chi connectivity index (χ1v) is 7.87. The van der Waals surface area contributed by atoms with Crippen LogP contribution in [0.5, 0.6) is 5.75 Å². The Hall–Kier alpha value is -2.34. The van der Waals surface area contributed by atoms with E-state index in [-0.39, 0.29) is 24.6 Å². The number of hydrogen-bond acceptors (Lipinski definition) is 4. The van der Waals surface area contributed by atoms with Gasteiger partial charge in [-0.3, -0.25) is 4.79 Å². The Labute approximate surface area is 135 Å². The lowest BCUT2D eigenvalue weighted by atomic mass is 9.89. The van der Waals surface area contributed by atoms with Crippen LogP contribution in [0.1, 0.15) is 19.3 Å². The fraction of sp³-hybridized carbons (Fsp3) is 0.412. The second-order valence-electron chi connectivity index (χ2n) is 5.80. The molecule has 1 heterocycles. The monoisotopic (exact) mass is 315 g/mol. The number of nitrogens with zero attached hydrogens (tertiary/aromatic N) is 2. The van der Waals surface area contributed by atoms with E-state index in [1.54, 1.807) is 23.3 Å². The number of aliphatic hydroxyl groups excluding tert-OH is 1. The van der Waals surface area contributed by atoms with Crippen LogP contribution in [0, 0.1) is 0 Å². The van der Waals surface area contributed by atoms with Gasteiger partial charge in [-0.1, -0.05) is 18.2 Å². The molecule has 2 aromatic rings. The van der Waals surface area contributed by atoms with Gasteiger partial charge in [-0.15, -0.1) is 0 Å². The molecule has 1 saturated carbocycles. The highest BCUT2D eigenvalue weighted by atomic mass is 16.5. The fourth-order valence-electron chi connectivity index (χ4n) is 2.90. The summed E-state index contributed by atoms with van der Waals surface area (Å²) < 4.78 is 7.57. The van der Waals surface area contributed by atoms with Crippen LogP contribution in [0.15, 0.2) is 49.1 Å². The normalized spacial score (nSPS) is 24.1. The molecule has 0 saturated heterocycles. The molecule has 6 nitrogen and oxygen atoms in total. The Morgan fingerprint density at radius 2 is 2.17 bits per heavy atom. The number of imidazole rings is 1. The number of aromatic nitrogens is 2. The Balaban J connectivity index is 1.56. The SMILES string of the molecule is O=C(Cn1ccnc1)N[C@@H]1CCC[C@@H](Oc2ccccc2)[C@@H]1O. The summed E-state index contributed by atoms with van der Waals surface area (Å²) in [4.78, 5) is 16.0. The molecule has 1 aliphatic carbocycles. The van der Waals surface area contributed by atoms with Crippen LogP contribution in [0.3, 0.4) is 0 Å². The maximum atomic E-state index is 12.1. The third-order valence-electron chi connectivity index (χ3n) is 4.06. The molecule has 1 aliphatic rings. The van der Waals surface area contributed by atoms with Gasteiger partial charge in [-0.05, 0) is 31.4 Å². The number of carbonyl (C=O) groups is 1. The number of rotatable bonds is 5. The van der Waals surface area contributed by atoms with Crippen LogP contribution >= 0.6 is 0 Å². The van der Waals surface area contributed by atoms with Crippen molar-refractivity contribution in [1.29, 1.82) is 0 Å². The lowest BCUT2D eigenvalue weighted by Crippen LogP contribution is -2.53. The minimum absolute atomic E-state index is 0.132. The summed E-state index contributed by atoms with van der Waals surface area (Å²) in [6, 6.07) is 9.17. The van der Waals surface area contributed by atoms with Gasteiger partial charge in [0, 0.05) is 12.4 Å². The smallest absolute Gasteiger partial charge is 0.240 e. The van der Waals surface area contributed by atoms with Crippen LogP contribution in [-0.2, 0) is 11.3 Å². The van der Waals surface area contributed by atoms with Crippen molar-refractivity contribution in [3.05, 3.63) is 49.1 Å². The Morgan fingerprint density at radius 3 is 2.91 bits per heavy atom. The van der Waals surface area contributed by atoms with E-state index in [1.807, 2.05) is 30.3 Å². The molecule has 0 spiro atoms. The molecule has 1 aromatic carbocycles. The van der Waals surface area contributed by atoms with Crippen LogP contribution < -0.4 is 10.1 Å². The van der Waals surface area contributed by atoms with Gasteiger partial charge in [0.1, 0.15) is 24.5 Å². The zero-order valence-electron chi connectivity index (χ0n) is 12.8. The standard InChI is InChI=1S/C17H21N3O3/c21-16(11-20-10-9-18-12-20)19-14-7-4-8-15(17(14)22)23-13-5-2-1-3-6-13/h1-3,5-6,9-10,12,14-15,17,22H,4,7-8,11H2,(H,19,21)/t14-,15-,17-/m1/s1. The number of para-hydroxylation sites is 1. The number of aliphatic hydroxyl groups is 1. The predicted octanol–water partition coefficient (Wildman–Crippen LogP) is 1.36. The molecule has 6 heteroatoms. The summed E-state index contributed by atoms with van der Waals surface area (Å²) in [5.74, 6) is 0.606. The molecular formula is C17H21N3O3. The molecule has 2 N–H and O–H groups in total. The van der Waals surface area contributed by atoms with Gasteiger partial charge in [-0.25, -0.2) is 4.98 Å². The van der Waals surface area contributed by atoms with Crippen molar-refractivity contribution in [2.45, 2.75) is 44.1 Å². The quantitative estimate of drug-likeness (QED) is 0.873. The minimum atomic E-state index is -0.712. The second kappa shape index (κ2) is 7.28. The fourth-order valence-corrected chi connectivity index (χ4v) is 2.90. The molecule has 23 heavy (non-hydrogen) atoms. The van der Waals surface area contributed by atoms with Gasteiger partial charge in [0.2, 0.25) is 5.91 Å². The molecule has 1 aromatic heterocycles. The Kier molecular flexibility index (Phi) is 4.92. The van der Waals surface area contributed by atoms with Crippen molar-refractivity contribution < 1.29 is 14.6 Å². The lowest BCUT2D eigenvalue weighted by Gasteiger charge is -2.35. The molecule has 3 atom stereocenters. The van der Waals surface area contributed by atoms with Crippen LogP contribution in [0.25, 0.3) is 0 Å². The second-order valence-corrected chi connectivity index (χ2v) is 5.80. The van der Waals surface area contributed by atoms with Gasteiger partial charge in [0.05, 0.1) is 12.4 Å². The van der Waals surface area contributed by atoms with Crippen LogP contribution in [-0.4, -0.2) is 38.8 Å². The summed E-state index contributed by atoms with van der Waals surface area (Å²) in [6.07, 6.45) is 6.39. The number of amides is 1. The van der Waals surface area contributed by atoms with E-state index in [0.717, 1.165) is 25.0 Å². The molecule has 3 rings (SSSR count). The molecule has 0 radical (unpaired) electrons. The van der Waals surface area contributed by atoms with Gasteiger partial charge >= 0.3 is 0 Å². The largest absolute Gasteiger partial charge is 0.488 e. The zero-order valence-corrected chi connectivity index (χ0v) is 12.8. The predicted molar refractivity (Wildman–Crippen MR) is 84.9 cm³/mol. The van der Waals surface area contributed by atoms with Gasteiger partial charge < -0.3 is 19.7 Å². The first-order valence-electron chi connectivity index (χ1n) is 7.87. The average molecular weight is 315 g/mol. The first-order chi connectivity index (χ1) is 11.2. The summed E-state index contributed by atoms with van der Waals surface area (Å²) in [5, 5.41) is 13.4. The van der Waals surface area contributed by atoms with E-state index < -0.39 is 6.10 Å². The maximum absolute atomic E-state index is 12.1. The van der Waals surface area contributed by atoms with Crippen molar-refractivity contribution in [3.63, 3.8) is 0 Å². The van der Waals surface area contributed by atoms with E-state index in [1.165, 1.54) is 0 Å². The molecule has 1 amide bonds. The van der Waals surface area contributed by atoms with Crippen molar-refractivity contribution in [2.24, 2.45) is 0 Å². The van der Waals surface area contributed by atoms with E-state index >= 15 is 0 Å². The maximum Gasteiger partial charge on any atom is 0.240 e. The van der Waals surface area contributed by atoms with Crippen molar-refractivity contribution >= 4 is 5.91 Å². The highest BCUT2D eigenvalue weighted by Gasteiger charge is 2.34. The van der Waals surface area contributed by atoms with Crippen LogP contribution in [0.4, 0.5) is 0 Å². The van der Waals surface area contributed by atoms with E-state index in [9.17, 15) is 9.90 Å². The third kappa shape index (κ3) is 4.10. The molecule has 0 unspecified atom stereocenters. The first kappa shape index (κ1) is 15.6. The average Bonchev–Trinajstić information content (AvgIpc) is 3.05. The zero-order chi connectivity index (χ0) is 16.1. The highest BCUT2D eigenvalue weighted by molar-refractivity contribution is 5.76. The van der Waals surface area contributed by atoms with Crippen molar-refractivity contribution in [1.82, 2.24) is 14.9 Å². The van der Waals surface area contributed by atoms with Gasteiger partial charge in [0.15, 0.2) is 0 Å². The third-order valence-corrected chi connectivity index (χ3v) is 4.06. The summed E-state index contributed by atoms with van der Waals surface area (Å²) in [7, 11) is 0. The topological polar surface area (TPSA) is 76.4 Å². The van der Waals surface area contributed by atoms with E-state index in [4.69, 9.17) is 4.74 Å².